The Balaban J connectivity index is 4.07. The molecule has 2 atom stereocenters. The van der Waals surface area contributed by atoms with Crippen LogP contribution in [0.1, 0.15) is 34.1 Å². The van der Waals surface area contributed by atoms with E-state index in [0.29, 0.717) is 0 Å². The standard InChI is InChI=1S/C7H17NOS/c1-5-6(10(8)9)7(2,3)4/h6H,5,8H2,1-4H3/t6-,10?/m1/s1. The summed E-state index contributed by atoms with van der Waals surface area (Å²) < 4.78 is 10.9. The summed E-state index contributed by atoms with van der Waals surface area (Å²) in [6.45, 7) is 8.20. The highest BCUT2D eigenvalue weighted by molar-refractivity contribution is 7.89. The summed E-state index contributed by atoms with van der Waals surface area (Å²) in [4.78, 5) is 0. The van der Waals surface area contributed by atoms with Gasteiger partial charge in [-0.15, -0.1) is 0 Å². The van der Waals surface area contributed by atoms with Crippen molar-refractivity contribution in [1.29, 1.82) is 0 Å². The Hall–Kier alpha value is 0.270. The molecular weight excluding hydrogens is 146 g/mol. The summed E-state index contributed by atoms with van der Waals surface area (Å²) in [6.07, 6.45) is 0.882. The second-order valence-corrected chi connectivity index (χ2v) is 4.82. The van der Waals surface area contributed by atoms with Gasteiger partial charge in [0.15, 0.2) is 0 Å². The third kappa shape index (κ3) is 2.90. The smallest absolute Gasteiger partial charge is 0.139 e. The molecule has 0 aliphatic rings. The van der Waals surface area contributed by atoms with Gasteiger partial charge in [-0.1, -0.05) is 27.7 Å². The van der Waals surface area contributed by atoms with Gasteiger partial charge < -0.3 is 4.55 Å². The summed E-state index contributed by atoms with van der Waals surface area (Å²) in [7, 11) is 0. The van der Waals surface area contributed by atoms with Gasteiger partial charge in [-0.25, -0.2) is 0 Å². The van der Waals surface area contributed by atoms with E-state index in [0.717, 1.165) is 6.42 Å². The molecule has 10 heavy (non-hydrogen) atoms. The second-order valence-electron chi connectivity index (χ2n) is 3.59. The van der Waals surface area contributed by atoms with E-state index in [1.165, 1.54) is 0 Å². The molecule has 0 aliphatic carbocycles. The van der Waals surface area contributed by atoms with Crippen molar-refractivity contribution < 1.29 is 4.55 Å². The molecule has 2 nitrogen and oxygen atoms in total. The molecule has 0 spiro atoms. The van der Waals surface area contributed by atoms with Crippen LogP contribution in [0.3, 0.4) is 0 Å². The highest BCUT2D eigenvalue weighted by Gasteiger charge is 2.31. The fraction of sp³-hybridized carbons (Fsp3) is 1.00. The molecular formula is C7H17NOS. The predicted molar refractivity (Wildman–Crippen MR) is 45.9 cm³/mol. The average Bonchev–Trinajstić information content (AvgIpc) is 1.60. The molecule has 0 saturated carbocycles. The van der Waals surface area contributed by atoms with E-state index < -0.39 is 11.4 Å². The van der Waals surface area contributed by atoms with Crippen LogP contribution < -0.4 is 5.14 Å². The number of hydrogen-bond acceptors (Lipinski definition) is 2. The van der Waals surface area contributed by atoms with E-state index in [1.807, 2.05) is 6.92 Å². The summed E-state index contributed by atoms with van der Waals surface area (Å²) in [5.74, 6) is 0. The number of rotatable bonds is 2. The molecule has 0 rings (SSSR count). The van der Waals surface area contributed by atoms with Crippen molar-refractivity contribution in [2.24, 2.45) is 10.6 Å². The molecule has 0 heterocycles. The largest absolute Gasteiger partial charge is 0.598 e. The fourth-order valence-electron chi connectivity index (χ4n) is 1.13. The summed E-state index contributed by atoms with van der Waals surface area (Å²) in [5, 5.41) is 5.42. The first-order chi connectivity index (χ1) is 4.39. The molecule has 0 fully saturated rings. The molecule has 0 aromatic carbocycles. The Morgan fingerprint density at radius 3 is 1.90 bits per heavy atom. The first-order valence-electron chi connectivity index (χ1n) is 3.54. The van der Waals surface area contributed by atoms with Crippen molar-refractivity contribution in [3.8, 4) is 0 Å². The van der Waals surface area contributed by atoms with Crippen molar-refractivity contribution >= 4 is 11.4 Å². The Labute approximate surface area is 66.5 Å². The lowest BCUT2D eigenvalue weighted by atomic mass is 9.90. The van der Waals surface area contributed by atoms with Gasteiger partial charge in [0, 0.05) is 16.8 Å². The molecule has 0 aromatic heterocycles. The molecule has 0 aliphatic heterocycles. The van der Waals surface area contributed by atoms with Crippen LogP contribution in [-0.4, -0.2) is 9.80 Å². The lowest BCUT2D eigenvalue weighted by Gasteiger charge is -2.28. The van der Waals surface area contributed by atoms with Gasteiger partial charge in [0.1, 0.15) is 5.25 Å². The van der Waals surface area contributed by atoms with Crippen molar-refractivity contribution in [2.75, 3.05) is 0 Å². The zero-order valence-electron chi connectivity index (χ0n) is 7.18. The maximum atomic E-state index is 10.9. The lowest BCUT2D eigenvalue weighted by Crippen LogP contribution is -2.38. The minimum atomic E-state index is -1.17. The zero-order chi connectivity index (χ0) is 8.36. The van der Waals surface area contributed by atoms with Crippen LogP contribution in [0.2, 0.25) is 0 Å². The maximum absolute atomic E-state index is 10.9. The summed E-state index contributed by atoms with van der Waals surface area (Å²) in [6, 6.07) is 0. The van der Waals surface area contributed by atoms with E-state index >= 15 is 0 Å². The van der Waals surface area contributed by atoms with Crippen LogP contribution in [-0.2, 0) is 11.4 Å². The highest BCUT2D eigenvalue weighted by Crippen LogP contribution is 2.26. The van der Waals surface area contributed by atoms with Crippen LogP contribution in [0.25, 0.3) is 0 Å². The first kappa shape index (κ1) is 10.3. The molecule has 0 saturated heterocycles. The molecule has 1 unspecified atom stereocenters. The molecule has 0 amide bonds. The van der Waals surface area contributed by atoms with Gasteiger partial charge in [-0.2, -0.15) is 5.14 Å². The topological polar surface area (TPSA) is 49.1 Å². The predicted octanol–water partition coefficient (Wildman–Crippen LogP) is 1.43. The molecule has 0 aromatic rings. The van der Waals surface area contributed by atoms with E-state index in [9.17, 15) is 4.55 Å². The molecule has 3 heteroatoms. The van der Waals surface area contributed by atoms with Crippen molar-refractivity contribution in [2.45, 2.75) is 39.4 Å². The summed E-state index contributed by atoms with van der Waals surface area (Å²) >= 11 is -1.17. The van der Waals surface area contributed by atoms with Gasteiger partial charge in [0.25, 0.3) is 0 Å². The minimum Gasteiger partial charge on any atom is -0.598 e. The SMILES string of the molecule is CC[C@@H]([S+](N)[O-])C(C)(C)C. The van der Waals surface area contributed by atoms with Gasteiger partial charge in [-0.3, -0.25) is 0 Å². The van der Waals surface area contributed by atoms with E-state index in [2.05, 4.69) is 20.8 Å². The highest BCUT2D eigenvalue weighted by atomic mass is 32.2. The van der Waals surface area contributed by atoms with Crippen LogP contribution in [0, 0.1) is 5.41 Å². The van der Waals surface area contributed by atoms with Crippen LogP contribution in [0.4, 0.5) is 0 Å². The van der Waals surface area contributed by atoms with E-state index in [1.54, 1.807) is 0 Å². The molecule has 62 valence electrons. The zero-order valence-corrected chi connectivity index (χ0v) is 7.99. The Morgan fingerprint density at radius 2 is 1.90 bits per heavy atom. The quantitative estimate of drug-likeness (QED) is 0.626. The van der Waals surface area contributed by atoms with Gasteiger partial charge in [-0.05, 0) is 6.42 Å². The minimum absolute atomic E-state index is 0.0639. The third-order valence-electron chi connectivity index (χ3n) is 1.62. The second kappa shape index (κ2) is 3.60. The maximum Gasteiger partial charge on any atom is 0.139 e. The monoisotopic (exact) mass is 163 g/mol. The third-order valence-corrected chi connectivity index (χ3v) is 3.22. The number of nitrogens with two attached hydrogens (primary N) is 1. The van der Waals surface area contributed by atoms with Crippen LogP contribution in [0.5, 0.6) is 0 Å². The molecule has 2 N–H and O–H groups in total. The molecule has 0 radical (unpaired) electrons. The van der Waals surface area contributed by atoms with Crippen molar-refractivity contribution in [3.05, 3.63) is 0 Å². The van der Waals surface area contributed by atoms with Crippen LogP contribution in [0.15, 0.2) is 0 Å². The lowest BCUT2D eigenvalue weighted by molar-refractivity contribution is 0.369. The van der Waals surface area contributed by atoms with Gasteiger partial charge in [0.05, 0.1) is 0 Å². The van der Waals surface area contributed by atoms with Gasteiger partial charge in [0.2, 0.25) is 0 Å². The van der Waals surface area contributed by atoms with Crippen molar-refractivity contribution in [3.63, 3.8) is 0 Å². The van der Waals surface area contributed by atoms with Gasteiger partial charge >= 0.3 is 0 Å². The summed E-state index contributed by atoms with van der Waals surface area (Å²) in [5.41, 5.74) is 0.0639. The fourth-order valence-corrected chi connectivity index (χ4v) is 2.15. The normalized spacial score (nSPS) is 18.6. The Bertz CT molecular complexity index is 98.3. The Morgan fingerprint density at radius 1 is 1.50 bits per heavy atom. The average molecular weight is 163 g/mol. The van der Waals surface area contributed by atoms with Crippen molar-refractivity contribution in [1.82, 2.24) is 0 Å². The Kier molecular flexibility index (Phi) is 3.70. The van der Waals surface area contributed by atoms with E-state index in [-0.39, 0.29) is 10.7 Å². The van der Waals surface area contributed by atoms with E-state index in [4.69, 9.17) is 5.14 Å². The van der Waals surface area contributed by atoms with Crippen LogP contribution >= 0.6 is 0 Å². The first-order valence-corrected chi connectivity index (χ1v) is 4.82. The molecule has 0 bridgehead atoms. The number of hydrogen-bond donors (Lipinski definition) is 1.